The maximum absolute atomic E-state index is 13.8. The van der Waals surface area contributed by atoms with E-state index in [1.165, 1.54) is 16.6 Å². The minimum absolute atomic E-state index is 0.101. The van der Waals surface area contributed by atoms with Crippen LogP contribution in [0.25, 0.3) is 21.7 Å². The Labute approximate surface area is 197 Å². The van der Waals surface area contributed by atoms with Crippen LogP contribution in [0.4, 0.5) is 0 Å². The van der Waals surface area contributed by atoms with E-state index < -0.39 is 0 Å². The lowest BCUT2D eigenvalue weighted by atomic mass is 9.89. The number of ether oxygens (including phenoxy) is 1. The molecule has 10 heteroatoms. The molecule has 3 aromatic heterocycles. The normalized spacial score (nSPS) is 15.9. The van der Waals surface area contributed by atoms with Crippen LogP contribution in [0.1, 0.15) is 30.7 Å². The molecule has 1 aliphatic carbocycles. The van der Waals surface area contributed by atoms with Gasteiger partial charge in [0.25, 0.3) is 5.56 Å². The molecule has 0 unspecified atom stereocenters. The molecular weight excluding hydrogens is 468 g/mol. The first-order valence-electron chi connectivity index (χ1n) is 10.5. The molecule has 0 amide bonds. The van der Waals surface area contributed by atoms with Gasteiger partial charge >= 0.3 is 5.97 Å². The molecular formula is C22H21ClN4O3S2. The topological polar surface area (TPSA) is 78.5 Å². The van der Waals surface area contributed by atoms with Gasteiger partial charge in [-0.25, -0.2) is 8.97 Å². The zero-order valence-corrected chi connectivity index (χ0v) is 20.0. The van der Waals surface area contributed by atoms with Crippen molar-refractivity contribution in [3.05, 3.63) is 50.1 Å². The number of aryl methyl sites for hydroxylation is 1. The SMILES string of the molecule is CCOC(=O)CSc1nnc2n(-c3ccc(Cl)cc3)c(=O)c3c4c(sc3n12)CC[C@H](C)C4. The van der Waals surface area contributed by atoms with Gasteiger partial charge in [0.05, 0.1) is 23.4 Å². The quantitative estimate of drug-likeness (QED) is 0.303. The highest BCUT2D eigenvalue weighted by atomic mass is 35.5. The first kappa shape index (κ1) is 21.5. The summed E-state index contributed by atoms with van der Waals surface area (Å²) in [5, 5.41) is 10.6. The lowest BCUT2D eigenvalue weighted by Crippen LogP contribution is -2.22. The third kappa shape index (κ3) is 3.62. The van der Waals surface area contributed by atoms with Gasteiger partial charge in [-0.2, -0.15) is 0 Å². The Bertz CT molecular complexity index is 1390. The van der Waals surface area contributed by atoms with Crippen molar-refractivity contribution in [1.29, 1.82) is 0 Å². The third-order valence-electron chi connectivity index (χ3n) is 5.63. The van der Waals surface area contributed by atoms with Crippen molar-refractivity contribution in [2.24, 2.45) is 5.92 Å². The maximum Gasteiger partial charge on any atom is 0.316 e. The monoisotopic (exact) mass is 488 g/mol. The second-order valence-electron chi connectivity index (χ2n) is 7.86. The number of halogens is 1. The number of fused-ring (bicyclic) bond motifs is 5. The van der Waals surface area contributed by atoms with Crippen LogP contribution in [-0.4, -0.2) is 37.5 Å². The van der Waals surface area contributed by atoms with Gasteiger partial charge in [0.1, 0.15) is 4.83 Å². The average Bonchev–Trinajstić information content (AvgIpc) is 3.35. The summed E-state index contributed by atoms with van der Waals surface area (Å²) in [7, 11) is 0. The van der Waals surface area contributed by atoms with E-state index in [9.17, 15) is 9.59 Å². The zero-order chi connectivity index (χ0) is 22.4. The molecule has 0 radical (unpaired) electrons. The summed E-state index contributed by atoms with van der Waals surface area (Å²) >= 11 is 8.98. The smallest absolute Gasteiger partial charge is 0.316 e. The zero-order valence-electron chi connectivity index (χ0n) is 17.6. The number of benzene rings is 1. The number of aromatic nitrogens is 4. The van der Waals surface area contributed by atoms with Gasteiger partial charge < -0.3 is 4.74 Å². The summed E-state index contributed by atoms with van der Waals surface area (Å²) < 4.78 is 8.55. The van der Waals surface area contributed by atoms with Crippen LogP contribution < -0.4 is 5.56 Å². The van der Waals surface area contributed by atoms with Crippen molar-refractivity contribution in [2.75, 3.05) is 12.4 Å². The summed E-state index contributed by atoms with van der Waals surface area (Å²) in [5.74, 6) is 0.759. The van der Waals surface area contributed by atoms with Gasteiger partial charge in [-0.05, 0) is 61.9 Å². The third-order valence-corrected chi connectivity index (χ3v) is 8.07. The summed E-state index contributed by atoms with van der Waals surface area (Å²) in [6, 6.07) is 7.11. The molecule has 5 rings (SSSR count). The maximum atomic E-state index is 13.8. The van der Waals surface area contributed by atoms with Crippen LogP contribution in [0, 0.1) is 5.92 Å². The average molecular weight is 489 g/mol. The molecule has 7 nitrogen and oxygen atoms in total. The number of esters is 1. The van der Waals surface area contributed by atoms with Gasteiger partial charge in [-0.1, -0.05) is 30.3 Å². The molecule has 1 aromatic carbocycles. The summed E-state index contributed by atoms with van der Waals surface area (Å²) in [5.41, 5.74) is 1.70. The molecule has 32 heavy (non-hydrogen) atoms. The Kier molecular flexibility index (Phi) is 5.73. The molecule has 3 heterocycles. The van der Waals surface area contributed by atoms with E-state index in [4.69, 9.17) is 16.3 Å². The molecule has 0 aliphatic heterocycles. The summed E-state index contributed by atoms with van der Waals surface area (Å²) in [6.07, 6.45) is 2.95. The van der Waals surface area contributed by atoms with Gasteiger partial charge in [0.2, 0.25) is 5.78 Å². The lowest BCUT2D eigenvalue weighted by molar-refractivity contribution is -0.139. The number of thiophene rings is 1. The molecule has 0 fully saturated rings. The minimum Gasteiger partial charge on any atom is -0.465 e. The highest BCUT2D eigenvalue weighted by Gasteiger charge is 2.27. The van der Waals surface area contributed by atoms with Crippen LogP contribution in [0.2, 0.25) is 5.02 Å². The van der Waals surface area contributed by atoms with Gasteiger partial charge in [0.15, 0.2) is 5.16 Å². The number of hydrogen-bond acceptors (Lipinski definition) is 7. The molecule has 0 spiro atoms. The fraction of sp³-hybridized carbons (Fsp3) is 0.364. The van der Waals surface area contributed by atoms with Crippen molar-refractivity contribution in [3.8, 4) is 5.69 Å². The Morgan fingerprint density at radius 3 is 2.84 bits per heavy atom. The number of rotatable bonds is 5. The molecule has 4 aromatic rings. The summed E-state index contributed by atoms with van der Waals surface area (Å²) in [4.78, 5) is 27.8. The molecule has 0 saturated carbocycles. The number of thioether (sulfide) groups is 1. The number of hydrogen-bond donors (Lipinski definition) is 0. The standard InChI is InChI=1S/C22H21ClN4O3S2/c1-3-30-17(28)11-31-22-25-24-21-26(14-7-5-13(23)6-8-14)19(29)18-15-10-12(2)4-9-16(15)32-20(18)27(21)22/h5-8,12H,3-4,9-11H2,1-2H3/t12-/m0/s1. The largest absolute Gasteiger partial charge is 0.465 e. The van der Waals surface area contributed by atoms with E-state index in [2.05, 4.69) is 17.1 Å². The van der Waals surface area contributed by atoms with E-state index in [0.29, 0.717) is 34.2 Å². The van der Waals surface area contributed by atoms with E-state index in [0.717, 1.165) is 35.0 Å². The molecule has 1 aliphatic rings. The van der Waals surface area contributed by atoms with Crippen LogP contribution in [0.15, 0.2) is 34.2 Å². The van der Waals surface area contributed by atoms with Crippen molar-refractivity contribution in [2.45, 2.75) is 38.3 Å². The molecule has 1 atom stereocenters. The highest BCUT2D eigenvalue weighted by Crippen LogP contribution is 2.38. The number of carbonyl (C=O) groups is 1. The predicted molar refractivity (Wildman–Crippen MR) is 128 cm³/mol. The second kappa shape index (κ2) is 8.53. The highest BCUT2D eigenvalue weighted by molar-refractivity contribution is 7.99. The minimum atomic E-state index is -0.309. The predicted octanol–water partition coefficient (Wildman–Crippen LogP) is 4.53. The van der Waals surface area contributed by atoms with Crippen LogP contribution in [0.5, 0.6) is 0 Å². The van der Waals surface area contributed by atoms with Gasteiger partial charge in [0, 0.05) is 9.90 Å². The fourth-order valence-corrected chi connectivity index (χ4v) is 6.40. The van der Waals surface area contributed by atoms with Crippen LogP contribution in [0.3, 0.4) is 0 Å². The molecule has 0 bridgehead atoms. The molecule has 0 saturated heterocycles. The molecule has 0 N–H and O–H groups in total. The van der Waals surface area contributed by atoms with Gasteiger partial charge in [-0.3, -0.25) is 9.59 Å². The Morgan fingerprint density at radius 1 is 1.31 bits per heavy atom. The Morgan fingerprint density at radius 2 is 2.09 bits per heavy atom. The Hall–Kier alpha value is -2.36. The second-order valence-corrected chi connectivity index (χ2v) is 10.3. The van der Waals surface area contributed by atoms with Gasteiger partial charge in [-0.15, -0.1) is 21.5 Å². The molecule has 166 valence electrons. The Balaban J connectivity index is 1.78. The lowest BCUT2D eigenvalue weighted by Gasteiger charge is -2.18. The fourth-order valence-electron chi connectivity index (χ4n) is 4.15. The van der Waals surface area contributed by atoms with E-state index >= 15 is 0 Å². The first-order valence-corrected chi connectivity index (χ1v) is 12.6. The van der Waals surface area contributed by atoms with Crippen molar-refractivity contribution >= 4 is 56.7 Å². The van der Waals surface area contributed by atoms with E-state index in [1.54, 1.807) is 47.1 Å². The number of nitrogens with zero attached hydrogens (tertiary/aromatic N) is 4. The summed E-state index contributed by atoms with van der Waals surface area (Å²) in [6.45, 7) is 4.33. The van der Waals surface area contributed by atoms with Crippen LogP contribution >= 0.6 is 34.7 Å². The van der Waals surface area contributed by atoms with Crippen LogP contribution in [-0.2, 0) is 22.4 Å². The van der Waals surface area contributed by atoms with E-state index in [-0.39, 0.29) is 17.3 Å². The number of carbonyl (C=O) groups excluding carboxylic acids is 1. The van der Waals surface area contributed by atoms with Crippen molar-refractivity contribution in [1.82, 2.24) is 19.2 Å². The van der Waals surface area contributed by atoms with Crippen molar-refractivity contribution in [3.63, 3.8) is 0 Å². The van der Waals surface area contributed by atoms with E-state index in [1.807, 2.05) is 4.40 Å². The first-order chi connectivity index (χ1) is 15.5. The van der Waals surface area contributed by atoms with Crippen molar-refractivity contribution < 1.29 is 9.53 Å².